The lowest BCUT2D eigenvalue weighted by Crippen LogP contribution is -2.07. The number of carbonyl (C=O) groups is 1. The van der Waals surface area contributed by atoms with Crippen molar-refractivity contribution in [2.75, 3.05) is 5.32 Å². The van der Waals surface area contributed by atoms with Gasteiger partial charge in [0, 0.05) is 18.3 Å². The highest BCUT2D eigenvalue weighted by Crippen LogP contribution is 2.23. The Kier molecular flexibility index (Phi) is 3.37. The molecular weight excluding hydrogens is 256 g/mol. The van der Waals surface area contributed by atoms with Gasteiger partial charge in [-0.1, -0.05) is 5.16 Å². The van der Waals surface area contributed by atoms with Crippen LogP contribution in [0.2, 0.25) is 0 Å². The molecule has 98 valence electrons. The zero-order valence-electron chi connectivity index (χ0n) is 9.44. The van der Waals surface area contributed by atoms with Gasteiger partial charge in [0.25, 0.3) is 0 Å². The number of aromatic carboxylic acids is 1. The maximum Gasteiger partial charge on any atom is 0.337 e. The van der Waals surface area contributed by atoms with Crippen molar-refractivity contribution in [1.82, 2.24) is 10.1 Å². The van der Waals surface area contributed by atoms with Crippen LogP contribution in [0.4, 0.5) is 11.5 Å². The van der Waals surface area contributed by atoms with E-state index in [4.69, 9.17) is 5.11 Å². The lowest BCUT2D eigenvalue weighted by atomic mass is 10.2. The first kappa shape index (κ1) is 12.5. The normalized spacial score (nSPS) is 10.1. The highest BCUT2D eigenvalue weighted by Gasteiger charge is 2.18. The van der Waals surface area contributed by atoms with Gasteiger partial charge >= 0.3 is 11.7 Å². The molecule has 19 heavy (non-hydrogen) atoms. The van der Waals surface area contributed by atoms with Gasteiger partial charge in [-0.2, -0.15) is 0 Å². The van der Waals surface area contributed by atoms with Crippen LogP contribution in [0.3, 0.4) is 0 Å². The Hall–Kier alpha value is -2.97. The molecule has 0 fully saturated rings. The number of pyridine rings is 1. The predicted molar refractivity (Wildman–Crippen MR) is 61.7 cm³/mol. The summed E-state index contributed by atoms with van der Waals surface area (Å²) in [5.41, 5.74) is -0.125. The summed E-state index contributed by atoms with van der Waals surface area (Å²) in [6.07, 6.45) is 2.41. The Morgan fingerprint density at radius 1 is 1.58 bits per heavy atom. The Morgan fingerprint density at radius 3 is 2.95 bits per heavy atom. The first-order valence-corrected chi connectivity index (χ1v) is 5.09. The Labute approximate surface area is 106 Å². The fraction of sp³-hybridized carbons (Fsp3) is 0.100. The van der Waals surface area contributed by atoms with Crippen LogP contribution in [-0.4, -0.2) is 26.1 Å². The van der Waals surface area contributed by atoms with Gasteiger partial charge in [0.05, 0.1) is 17.0 Å². The number of nitrogens with zero attached hydrogens (tertiary/aromatic N) is 3. The lowest BCUT2D eigenvalue weighted by Gasteiger charge is -2.04. The van der Waals surface area contributed by atoms with Crippen LogP contribution < -0.4 is 5.32 Å². The molecule has 0 aliphatic rings. The summed E-state index contributed by atoms with van der Waals surface area (Å²) in [5.74, 6) is -1.31. The third-order valence-electron chi connectivity index (χ3n) is 2.24. The number of anilines is 1. The van der Waals surface area contributed by atoms with Crippen LogP contribution in [0.25, 0.3) is 0 Å². The zero-order valence-corrected chi connectivity index (χ0v) is 9.44. The van der Waals surface area contributed by atoms with E-state index < -0.39 is 16.6 Å². The van der Waals surface area contributed by atoms with E-state index in [1.807, 2.05) is 0 Å². The summed E-state index contributed by atoms with van der Waals surface area (Å²) in [7, 11) is 0. The maximum absolute atomic E-state index is 10.9. The number of carboxylic acids is 1. The molecule has 2 aromatic heterocycles. The van der Waals surface area contributed by atoms with E-state index in [-0.39, 0.29) is 17.9 Å². The molecule has 9 nitrogen and oxygen atoms in total. The summed E-state index contributed by atoms with van der Waals surface area (Å²) >= 11 is 0. The molecular formula is C10H8N4O5. The Bertz CT molecular complexity index is 610. The van der Waals surface area contributed by atoms with Crippen molar-refractivity contribution in [3.05, 3.63) is 46.0 Å². The second kappa shape index (κ2) is 5.12. The highest BCUT2D eigenvalue weighted by molar-refractivity contribution is 5.88. The Morgan fingerprint density at radius 2 is 2.37 bits per heavy atom. The molecule has 2 N–H and O–H groups in total. The molecule has 0 unspecified atom stereocenters. The molecule has 2 rings (SSSR count). The van der Waals surface area contributed by atoms with Gasteiger partial charge in [-0.3, -0.25) is 10.1 Å². The number of hydrogen-bond donors (Lipinski definition) is 2. The van der Waals surface area contributed by atoms with E-state index in [9.17, 15) is 14.9 Å². The van der Waals surface area contributed by atoms with Crippen molar-refractivity contribution in [1.29, 1.82) is 0 Å². The standard InChI is InChI=1S/C10H8N4O5/c15-10(16)6-3-8(14(17)18)9(11-4-6)12-5-7-1-2-19-13-7/h1-4H,5H2,(H,11,12)(H,15,16). The summed E-state index contributed by atoms with van der Waals surface area (Å²) in [5, 5.41) is 25.9. The van der Waals surface area contributed by atoms with Gasteiger partial charge in [0.15, 0.2) is 0 Å². The molecule has 0 amide bonds. The quantitative estimate of drug-likeness (QED) is 0.609. The largest absolute Gasteiger partial charge is 0.478 e. The van der Waals surface area contributed by atoms with E-state index in [2.05, 4.69) is 20.0 Å². The van der Waals surface area contributed by atoms with Gasteiger partial charge in [-0.05, 0) is 0 Å². The van der Waals surface area contributed by atoms with Crippen LogP contribution in [0.5, 0.6) is 0 Å². The average molecular weight is 264 g/mol. The molecule has 2 heterocycles. The third-order valence-corrected chi connectivity index (χ3v) is 2.24. The van der Waals surface area contributed by atoms with E-state index in [0.29, 0.717) is 5.69 Å². The molecule has 0 aliphatic heterocycles. The lowest BCUT2D eigenvalue weighted by molar-refractivity contribution is -0.384. The minimum absolute atomic E-state index is 0.0296. The molecule has 0 atom stereocenters. The number of hydrogen-bond acceptors (Lipinski definition) is 7. The van der Waals surface area contributed by atoms with E-state index in [0.717, 1.165) is 12.3 Å². The summed E-state index contributed by atoms with van der Waals surface area (Å²) in [6, 6.07) is 2.53. The van der Waals surface area contributed by atoms with Crippen molar-refractivity contribution in [3.8, 4) is 0 Å². The smallest absolute Gasteiger partial charge is 0.337 e. The van der Waals surface area contributed by atoms with Gasteiger partial charge in [-0.25, -0.2) is 9.78 Å². The third kappa shape index (κ3) is 2.83. The minimum Gasteiger partial charge on any atom is -0.478 e. The van der Waals surface area contributed by atoms with Crippen LogP contribution >= 0.6 is 0 Å². The molecule has 0 aliphatic carbocycles. The van der Waals surface area contributed by atoms with Gasteiger partial charge in [0.2, 0.25) is 5.82 Å². The van der Waals surface area contributed by atoms with Crippen LogP contribution in [0, 0.1) is 10.1 Å². The van der Waals surface area contributed by atoms with Gasteiger partial charge in [-0.15, -0.1) is 0 Å². The van der Waals surface area contributed by atoms with Crippen molar-refractivity contribution in [2.45, 2.75) is 6.54 Å². The predicted octanol–water partition coefficient (Wildman–Crippen LogP) is 1.29. The van der Waals surface area contributed by atoms with Crippen LogP contribution in [-0.2, 0) is 6.54 Å². The van der Waals surface area contributed by atoms with E-state index >= 15 is 0 Å². The maximum atomic E-state index is 10.9. The number of carboxylic acid groups (broad SMARTS) is 1. The summed E-state index contributed by atoms with van der Waals surface area (Å²) < 4.78 is 4.61. The van der Waals surface area contributed by atoms with Gasteiger partial charge < -0.3 is 14.9 Å². The topological polar surface area (TPSA) is 131 Å². The van der Waals surface area contributed by atoms with Crippen molar-refractivity contribution >= 4 is 17.5 Å². The fourth-order valence-corrected chi connectivity index (χ4v) is 1.35. The van der Waals surface area contributed by atoms with Gasteiger partial charge in [0.1, 0.15) is 12.0 Å². The first-order chi connectivity index (χ1) is 9.08. The molecule has 9 heteroatoms. The number of nitrogens with one attached hydrogen (secondary N) is 1. The van der Waals surface area contributed by atoms with Crippen molar-refractivity contribution < 1.29 is 19.3 Å². The summed E-state index contributed by atoms with van der Waals surface area (Å²) in [4.78, 5) is 24.6. The molecule has 0 bridgehead atoms. The number of rotatable bonds is 5. The van der Waals surface area contributed by atoms with E-state index in [1.54, 1.807) is 6.07 Å². The molecule has 0 saturated carbocycles. The molecule has 0 radical (unpaired) electrons. The van der Waals surface area contributed by atoms with Crippen LogP contribution in [0.15, 0.2) is 29.1 Å². The molecule has 2 aromatic rings. The SMILES string of the molecule is O=C(O)c1cnc(NCc2ccon2)c([N+](=O)[O-])c1. The Balaban J connectivity index is 2.24. The van der Waals surface area contributed by atoms with Crippen molar-refractivity contribution in [2.24, 2.45) is 0 Å². The highest BCUT2D eigenvalue weighted by atomic mass is 16.6. The average Bonchev–Trinajstić information content (AvgIpc) is 2.89. The molecule has 0 saturated heterocycles. The van der Waals surface area contributed by atoms with Crippen LogP contribution in [0.1, 0.15) is 16.1 Å². The van der Waals surface area contributed by atoms with E-state index in [1.165, 1.54) is 6.26 Å². The van der Waals surface area contributed by atoms with Crippen molar-refractivity contribution in [3.63, 3.8) is 0 Å². The first-order valence-electron chi connectivity index (χ1n) is 5.09. The second-order valence-corrected chi connectivity index (χ2v) is 3.50. The summed E-state index contributed by atoms with van der Waals surface area (Å²) in [6.45, 7) is 0.177. The molecule has 0 aromatic carbocycles. The second-order valence-electron chi connectivity index (χ2n) is 3.50. The number of nitro groups is 1. The zero-order chi connectivity index (χ0) is 13.8. The minimum atomic E-state index is -1.28. The number of aromatic nitrogens is 2. The fourth-order valence-electron chi connectivity index (χ4n) is 1.35. The monoisotopic (exact) mass is 264 g/mol. The molecule has 0 spiro atoms.